The highest BCUT2D eigenvalue weighted by molar-refractivity contribution is 4.87. The van der Waals surface area contributed by atoms with Crippen LogP contribution in [0.15, 0.2) is 0 Å². The van der Waals surface area contributed by atoms with E-state index < -0.39 is 0 Å². The third-order valence-corrected chi connectivity index (χ3v) is 4.73. The Morgan fingerprint density at radius 2 is 1.73 bits per heavy atom. The van der Waals surface area contributed by atoms with E-state index in [9.17, 15) is 0 Å². The Morgan fingerprint density at radius 1 is 1.20 bits per heavy atom. The van der Waals surface area contributed by atoms with Gasteiger partial charge in [-0.2, -0.15) is 0 Å². The molecule has 2 N–H and O–H groups in total. The van der Waals surface area contributed by atoms with E-state index in [2.05, 4.69) is 27.7 Å². The molecule has 1 saturated carbocycles. The molecule has 0 aliphatic heterocycles. The second kappa shape index (κ2) is 5.34. The van der Waals surface area contributed by atoms with Crippen LogP contribution in [0, 0.1) is 17.3 Å². The number of hydrogen-bond acceptors (Lipinski definition) is 1. The molecular formula is C14H29N. The maximum Gasteiger partial charge on any atom is 0.00131 e. The van der Waals surface area contributed by atoms with Crippen molar-refractivity contribution in [3.8, 4) is 0 Å². The summed E-state index contributed by atoms with van der Waals surface area (Å²) in [4.78, 5) is 0. The van der Waals surface area contributed by atoms with Crippen molar-refractivity contribution < 1.29 is 0 Å². The van der Waals surface area contributed by atoms with Crippen molar-refractivity contribution in [3.63, 3.8) is 0 Å². The summed E-state index contributed by atoms with van der Waals surface area (Å²) in [6, 6.07) is 0.392. The second-order valence-electron chi connectivity index (χ2n) is 6.03. The van der Waals surface area contributed by atoms with Crippen LogP contribution in [0.5, 0.6) is 0 Å². The Labute approximate surface area is 95.8 Å². The van der Waals surface area contributed by atoms with E-state index in [0.717, 1.165) is 11.8 Å². The summed E-state index contributed by atoms with van der Waals surface area (Å²) in [7, 11) is 0. The van der Waals surface area contributed by atoms with Crippen molar-refractivity contribution >= 4 is 0 Å². The molecule has 0 amide bonds. The Hall–Kier alpha value is -0.0400. The molecule has 1 heteroatoms. The van der Waals surface area contributed by atoms with Crippen molar-refractivity contribution in [1.29, 1.82) is 0 Å². The van der Waals surface area contributed by atoms with Crippen molar-refractivity contribution in [1.82, 2.24) is 0 Å². The first kappa shape index (κ1) is 13.0. The molecule has 1 unspecified atom stereocenters. The molecular weight excluding hydrogens is 182 g/mol. The topological polar surface area (TPSA) is 26.0 Å². The van der Waals surface area contributed by atoms with Gasteiger partial charge in [0.1, 0.15) is 0 Å². The monoisotopic (exact) mass is 211 g/mol. The second-order valence-corrected chi connectivity index (χ2v) is 6.03. The average molecular weight is 211 g/mol. The SMILES string of the molecule is CCC1(C(C)C)CCC(CC(C)N)CC1. The quantitative estimate of drug-likeness (QED) is 0.748. The van der Waals surface area contributed by atoms with Crippen molar-refractivity contribution in [2.75, 3.05) is 0 Å². The minimum absolute atomic E-state index is 0.392. The zero-order valence-electron chi connectivity index (χ0n) is 11.1. The third kappa shape index (κ3) is 3.21. The zero-order chi connectivity index (χ0) is 11.5. The van der Waals surface area contributed by atoms with E-state index in [4.69, 9.17) is 5.73 Å². The van der Waals surface area contributed by atoms with Gasteiger partial charge >= 0.3 is 0 Å². The normalized spacial score (nSPS) is 34.4. The van der Waals surface area contributed by atoms with Gasteiger partial charge in [0, 0.05) is 6.04 Å². The largest absolute Gasteiger partial charge is 0.328 e. The summed E-state index contributed by atoms with van der Waals surface area (Å²) in [6.07, 6.45) is 8.27. The Kier molecular flexibility index (Phi) is 4.64. The van der Waals surface area contributed by atoms with E-state index in [1.54, 1.807) is 0 Å². The fourth-order valence-electron chi connectivity index (χ4n) is 3.35. The molecule has 0 aromatic carbocycles. The van der Waals surface area contributed by atoms with Gasteiger partial charge in [-0.15, -0.1) is 0 Å². The van der Waals surface area contributed by atoms with Crippen molar-refractivity contribution in [2.45, 2.75) is 72.3 Å². The van der Waals surface area contributed by atoms with E-state index in [-0.39, 0.29) is 0 Å². The van der Waals surface area contributed by atoms with Gasteiger partial charge in [-0.25, -0.2) is 0 Å². The summed E-state index contributed by atoms with van der Waals surface area (Å²) < 4.78 is 0. The maximum absolute atomic E-state index is 5.88. The van der Waals surface area contributed by atoms with Gasteiger partial charge in [0.2, 0.25) is 0 Å². The lowest BCUT2D eigenvalue weighted by Crippen LogP contribution is -2.33. The molecule has 1 fully saturated rings. The average Bonchev–Trinajstić information content (AvgIpc) is 2.18. The lowest BCUT2D eigenvalue weighted by Gasteiger charge is -2.43. The molecule has 0 radical (unpaired) electrons. The predicted octanol–water partition coefficient (Wildman–Crippen LogP) is 3.97. The molecule has 1 nitrogen and oxygen atoms in total. The third-order valence-electron chi connectivity index (χ3n) is 4.73. The Morgan fingerprint density at radius 3 is 2.07 bits per heavy atom. The molecule has 0 spiro atoms. The standard InChI is InChI=1S/C14H29N/c1-5-14(11(2)3)8-6-13(7-9-14)10-12(4)15/h11-13H,5-10,15H2,1-4H3. The molecule has 0 saturated heterocycles. The van der Waals surface area contributed by atoms with Gasteiger partial charge in [0.05, 0.1) is 0 Å². The van der Waals surface area contributed by atoms with Gasteiger partial charge in [0.25, 0.3) is 0 Å². The van der Waals surface area contributed by atoms with Gasteiger partial charge in [-0.1, -0.05) is 27.2 Å². The summed E-state index contributed by atoms with van der Waals surface area (Å²) in [6.45, 7) is 9.31. The Bertz CT molecular complexity index is 176. The van der Waals surface area contributed by atoms with E-state index >= 15 is 0 Å². The van der Waals surface area contributed by atoms with Crippen LogP contribution in [0.2, 0.25) is 0 Å². The van der Waals surface area contributed by atoms with E-state index in [0.29, 0.717) is 11.5 Å². The van der Waals surface area contributed by atoms with Crippen LogP contribution >= 0.6 is 0 Å². The first-order valence-corrected chi connectivity index (χ1v) is 6.75. The lowest BCUT2D eigenvalue weighted by molar-refractivity contribution is 0.0816. The highest BCUT2D eigenvalue weighted by atomic mass is 14.6. The fourth-order valence-corrected chi connectivity index (χ4v) is 3.35. The first-order valence-electron chi connectivity index (χ1n) is 6.75. The van der Waals surface area contributed by atoms with Crippen LogP contribution in [0.25, 0.3) is 0 Å². The highest BCUT2D eigenvalue weighted by Gasteiger charge is 2.36. The smallest absolute Gasteiger partial charge is 0.00131 e. The van der Waals surface area contributed by atoms with Crippen LogP contribution in [-0.2, 0) is 0 Å². The van der Waals surface area contributed by atoms with E-state index in [1.165, 1.54) is 38.5 Å². The molecule has 1 atom stereocenters. The summed E-state index contributed by atoms with van der Waals surface area (Å²) in [5.41, 5.74) is 6.53. The van der Waals surface area contributed by atoms with Crippen LogP contribution in [0.3, 0.4) is 0 Å². The minimum Gasteiger partial charge on any atom is -0.328 e. The van der Waals surface area contributed by atoms with E-state index in [1.807, 2.05) is 0 Å². The molecule has 1 aliphatic rings. The predicted molar refractivity (Wildman–Crippen MR) is 67.8 cm³/mol. The molecule has 15 heavy (non-hydrogen) atoms. The van der Waals surface area contributed by atoms with Crippen molar-refractivity contribution in [3.05, 3.63) is 0 Å². The molecule has 1 rings (SSSR count). The molecule has 0 aromatic rings. The minimum atomic E-state index is 0.392. The lowest BCUT2D eigenvalue weighted by atomic mass is 9.62. The number of nitrogens with two attached hydrogens (primary N) is 1. The first-order chi connectivity index (χ1) is 7.00. The van der Waals surface area contributed by atoms with Gasteiger partial charge in [-0.3, -0.25) is 0 Å². The summed E-state index contributed by atoms with van der Waals surface area (Å²) in [5.74, 6) is 1.75. The van der Waals surface area contributed by atoms with Crippen LogP contribution in [0.4, 0.5) is 0 Å². The van der Waals surface area contributed by atoms with Gasteiger partial charge < -0.3 is 5.73 Å². The zero-order valence-corrected chi connectivity index (χ0v) is 11.1. The van der Waals surface area contributed by atoms with Gasteiger partial charge in [0.15, 0.2) is 0 Å². The van der Waals surface area contributed by atoms with Crippen LogP contribution < -0.4 is 5.73 Å². The number of hydrogen-bond donors (Lipinski definition) is 1. The van der Waals surface area contributed by atoms with Crippen LogP contribution in [-0.4, -0.2) is 6.04 Å². The molecule has 0 bridgehead atoms. The summed E-state index contributed by atoms with van der Waals surface area (Å²) >= 11 is 0. The fraction of sp³-hybridized carbons (Fsp3) is 1.00. The number of rotatable bonds is 4. The van der Waals surface area contributed by atoms with Crippen LogP contribution in [0.1, 0.15) is 66.2 Å². The summed E-state index contributed by atoms with van der Waals surface area (Å²) in [5, 5.41) is 0. The maximum atomic E-state index is 5.88. The molecule has 1 aliphatic carbocycles. The molecule has 0 heterocycles. The van der Waals surface area contributed by atoms with Gasteiger partial charge in [-0.05, 0) is 56.3 Å². The Balaban J connectivity index is 2.46. The van der Waals surface area contributed by atoms with Crippen molar-refractivity contribution in [2.24, 2.45) is 23.0 Å². The highest BCUT2D eigenvalue weighted by Crippen LogP contribution is 2.47. The molecule has 90 valence electrons. The molecule has 0 aromatic heterocycles.